The zero-order chi connectivity index (χ0) is 25.9. The van der Waals surface area contributed by atoms with Crippen LogP contribution in [0.5, 0.6) is 23.0 Å². The summed E-state index contributed by atoms with van der Waals surface area (Å²) in [6.45, 7) is 3.08. The van der Waals surface area contributed by atoms with Crippen LogP contribution in [0.2, 0.25) is 0 Å². The molecule has 0 aliphatic heterocycles. The smallest absolute Gasteiger partial charge is 0.143 e. The van der Waals surface area contributed by atoms with Gasteiger partial charge in [0, 0.05) is 17.5 Å². The van der Waals surface area contributed by atoms with Crippen molar-refractivity contribution in [1.29, 1.82) is 0 Å². The Balaban J connectivity index is 1.55. The monoisotopic (exact) mass is 493 g/mol. The molecule has 4 rings (SSSR count). The fourth-order valence-electron chi connectivity index (χ4n) is 4.24. The third-order valence-corrected chi connectivity index (χ3v) is 6.37. The lowest BCUT2D eigenvalue weighted by molar-refractivity contribution is 0.415. The Morgan fingerprint density at radius 3 is 2.22 bits per heavy atom. The molecule has 0 N–H and O–H groups in total. The summed E-state index contributed by atoms with van der Waals surface area (Å²) in [6, 6.07) is 26.5. The zero-order valence-electron chi connectivity index (χ0n) is 22.0. The first-order valence-corrected chi connectivity index (χ1v) is 13.0. The molecule has 0 bridgehead atoms. The molecular weight excluding hydrogens is 458 g/mol. The average molecular weight is 494 g/mol. The number of benzene rings is 4. The van der Waals surface area contributed by atoms with E-state index < -0.39 is 0 Å². The summed E-state index contributed by atoms with van der Waals surface area (Å²) in [6.07, 6.45) is 7.70. The summed E-state index contributed by atoms with van der Waals surface area (Å²) >= 11 is 0. The van der Waals surface area contributed by atoms with Gasteiger partial charge in [-0.3, -0.25) is 0 Å². The van der Waals surface area contributed by atoms with Crippen molar-refractivity contribution in [2.75, 3.05) is 20.8 Å². The zero-order valence-corrected chi connectivity index (χ0v) is 22.0. The minimum absolute atomic E-state index is 0.787. The van der Waals surface area contributed by atoms with Crippen LogP contribution in [0.4, 0.5) is 0 Å². The number of fused-ring (bicyclic) bond motifs is 1. The summed E-state index contributed by atoms with van der Waals surface area (Å²) in [5.74, 6) is 6.32. The summed E-state index contributed by atoms with van der Waals surface area (Å²) < 4.78 is 17.3. The summed E-state index contributed by atoms with van der Waals surface area (Å²) in [5, 5.41) is 2.08. The third kappa shape index (κ3) is 7.03. The van der Waals surface area contributed by atoms with Crippen LogP contribution in [0.15, 0.2) is 89.9 Å². The van der Waals surface area contributed by atoms with Crippen molar-refractivity contribution in [3.63, 3.8) is 0 Å². The standard InChI is InChI=1S/C33H35NO3/c1-4-5-6-7-22-34-23-8-9-25-10-15-29(16-11-25)37-33-31(26-12-17-28(35-2)18-13-26)20-14-27-24-30(36-3)19-21-32(27)33/h8,10-21,24H,4-7,9,22H2,1-3H3. The van der Waals surface area contributed by atoms with Crippen molar-refractivity contribution >= 4 is 16.6 Å². The maximum atomic E-state index is 6.54. The first-order chi connectivity index (χ1) is 18.2. The Labute approximate surface area is 220 Å². The summed E-state index contributed by atoms with van der Waals surface area (Å²) in [4.78, 5) is 4.38. The van der Waals surface area contributed by atoms with Gasteiger partial charge >= 0.3 is 0 Å². The molecule has 0 aromatic heterocycles. The Hall–Kier alpha value is -4.01. The molecule has 0 saturated carbocycles. The maximum Gasteiger partial charge on any atom is 0.143 e. The molecule has 37 heavy (non-hydrogen) atoms. The molecule has 0 amide bonds. The van der Waals surface area contributed by atoms with Gasteiger partial charge in [0.25, 0.3) is 0 Å². The fourth-order valence-corrected chi connectivity index (χ4v) is 4.24. The molecule has 0 radical (unpaired) electrons. The number of unbranched alkanes of at least 4 members (excludes halogenated alkanes) is 3. The van der Waals surface area contributed by atoms with Crippen LogP contribution in [-0.2, 0) is 6.42 Å². The molecule has 4 aromatic carbocycles. The van der Waals surface area contributed by atoms with Gasteiger partial charge in [0.05, 0.1) is 14.2 Å². The Kier molecular flexibility index (Phi) is 9.40. The molecule has 190 valence electrons. The average Bonchev–Trinajstić information content (AvgIpc) is 2.95. The number of allylic oxidation sites excluding steroid dienone is 1. The van der Waals surface area contributed by atoms with Gasteiger partial charge in [-0.1, -0.05) is 56.5 Å². The number of methoxy groups -OCH3 is 2. The molecular formula is C33H35NO3. The van der Waals surface area contributed by atoms with Gasteiger partial charge < -0.3 is 14.2 Å². The molecule has 4 heteroatoms. The van der Waals surface area contributed by atoms with Gasteiger partial charge in [0.1, 0.15) is 23.0 Å². The van der Waals surface area contributed by atoms with Gasteiger partial charge in [0.15, 0.2) is 0 Å². The molecule has 4 nitrogen and oxygen atoms in total. The van der Waals surface area contributed by atoms with E-state index in [0.717, 1.165) is 64.3 Å². The second-order valence-corrected chi connectivity index (χ2v) is 8.98. The van der Waals surface area contributed by atoms with Crippen molar-refractivity contribution in [2.24, 2.45) is 4.99 Å². The number of rotatable bonds is 12. The van der Waals surface area contributed by atoms with E-state index in [1.807, 2.05) is 42.5 Å². The second kappa shape index (κ2) is 13.3. The summed E-state index contributed by atoms with van der Waals surface area (Å²) in [5.41, 5.74) is 3.27. The lowest BCUT2D eigenvalue weighted by Gasteiger charge is -2.16. The van der Waals surface area contributed by atoms with E-state index in [1.165, 1.54) is 24.8 Å². The van der Waals surface area contributed by atoms with Gasteiger partial charge in [-0.15, -0.1) is 0 Å². The van der Waals surface area contributed by atoms with Crippen LogP contribution < -0.4 is 14.2 Å². The molecule has 0 fully saturated rings. The molecule has 0 heterocycles. The Morgan fingerprint density at radius 2 is 1.49 bits per heavy atom. The minimum atomic E-state index is 0.787. The molecule has 0 aliphatic carbocycles. The fraction of sp³-hybridized carbons (Fsp3) is 0.273. The van der Waals surface area contributed by atoms with Crippen molar-refractivity contribution in [3.05, 3.63) is 90.5 Å². The van der Waals surface area contributed by atoms with E-state index in [2.05, 4.69) is 60.3 Å². The maximum absolute atomic E-state index is 6.54. The quantitative estimate of drug-likeness (QED) is 0.146. The minimum Gasteiger partial charge on any atom is -0.497 e. The highest BCUT2D eigenvalue weighted by Gasteiger charge is 2.13. The van der Waals surface area contributed by atoms with Gasteiger partial charge in [-0.05, 0) is 89.8 Å². The largest absolute Gasteiger partial charge is 0.497 e. The van der Waals surface area contributed by atoms with Crippen LogP contribution in [0.1, 0.15) is 38.2 Å². The SMILES string of the molecule is CCCCCCN=C=CCc1ccc(Oc2c(-c3ccc(OC)cc3)ccc3cc(OC)ccc23)cc1. The highest BCUT2D eigenvalue weighted by Crippen LogP contribution is 2.41. The number of ether oxygens (including phenoxy) is 3. The molecule has 0 saturated heterocycles. The van der Waals surface area contributed by atoms with Crippen molar-refractivity contribution < 1.29 is 14.2 Å². The number of hydrogen-bond donors (Lipinski definition) is 0. The molecule has 0 aliphatic rings. The molecule has 0 unspecified atom stereocenters. The van der Waals surface area contributed by atoms with Crippen LogP contribution in [0.3, 0.4) is 0 Å². The van der Waals surface area contributed by atoms with E-state index in [1.54, 1.807) is 14.2 Å². The van der Waals surface area contributed by atoms with Crippen LogP contribution >= 0.6 is 0 Å². The normalized spacial score (nSPS) is 10.6. The van der Waals surface area contributed by atoms with Crippen LogP contribution in [-0.4, -0.2) is 26.6 Å². The van der Waals surface area contributed by atoms with E-state index in [4.69, 9.17) is 14.2 Å². The molecule has 0 atom stereocenters. The van der Waals surface area contributed by atoms with Crippen molar-refractivity contribution in [2.45, 2.75) is 39.0 Å². The van der Waals surface area contributed by atoms with Gasteiger partial charge in [-0.2, -0.15) is 0 Å². The predicted octanol–water partition coefficient (Wildman–Crippen LogP) is 8.67. The molecule has 0 spiro atoms. The number of aliphatic imine (C=N–C) groups is 1. The van der Waals surface area contributed by atoms with Crippen LogP contribution in [0, 0.1) is 0 Å². The number of hydrogen-bond acceptors (Lipinski definition) is 4. The highest BCUT2D eigenvalue weighted by atomic mass is 16.5. The van der Waals surface area contributed by atoms with Crippen molar-refractivity contribution in [1.82, 2.24) is 0 Å². The third-order valence-electron chi connectivity index (χ3n) is 6.37. The lowest BCUT2D eigenvalue weighted by Crippen LogP contribution is -1.92. The Morgan fingerprint density at radius 1 is 0.757 bits per heavy atom. The van der Waals surface area contributed by atoms with E-state index in [-0.39, 0.29) is 0 Å². The van der Waals surface area contributed by atoms with Gasteiger partial charge in [-0.25, -0.2) is 4.99 Å². The predicted molar refractivity (Wildman–Crippen MR) is 154 cm³/mol. The van der Waals surface area contributed by atoms with E-state index in [9.17, 15) is 0 Å². The van der Waals surface area contributed by atoms with Gasteiger partial charge in [0.2, 0.25) is 0 Å². The Bertz CT molecular complexity index is 1350. The lowest BCUT2D eigenvalue weighted by atomic mass is 9.99. The van der Waals surface area contributed by atoms with E-state index in [0.29, 0.717) is 0 Å². The number of nitrogens with zero attached hydrogens (tertiary/aromatic N) is 1. The highest BCUT2D eigenvalue weighted by molar-refractivity contribution is 5.96. The topological polar surface area (TPSA) is 40.0 Å². The first kappa shape index (κ1) is 26.1. The summed E-state index contributed by atoms with van der Waals surface area (Å²) in [7, 11) is 3.36. The molecule has 4 aromatic rings. The first-order valence-electron chi connectivity index (χ1n) is 13.0. The van der Waals surface area contributed by atoms with Crippen LogP contribution in [0.25, 0.3) is 21.9 Å². The van der Waals surface area contributed by atoms with E-state index >= 15 is 0 Å². The van der Waals surface area contributed by atoms with Crippen molar-refractivity contribution in [3.8, 4) is 34.1 Å². The second-order valence-electron chi connectivity index (χ2n) is 8.98.